The number of aromatic nitrogens is 6. The Bertz CT molecular complexity index is 2400. The largest absolute Gasteiger partial charge is 0.474 e. The number of nitrogens with zero attached hydrogens (tertiary/aromatic N) is 10. The number of hydrogen-bond acceptors (Lipinski definition) is 13. The van der Waals surface area contributed by atoms with Crippen molar-refractivity contribution in [1.29, 1.82) is 0 Å². The molecule has 0 radical (unpaired) electrons. The second-order valence-corrected chi connectivity index (χ2v) is 17.8. The lowest BCUT2D eigenvalue weighted by Crippen LogP contribution is -2.42. The van der Waals surface area contributed by atoms with Crippen LogP contribution in [0.2, 0.25) is 0 Å². The second-order valence-electron chi connectivity index (χ2n) is 17.8. The second kappa shape index (κ2) is 20.0. The van der Waals surface area contributed by atoms with Gasteiger partial charge in [0, 0.05) is 81.9 Å². The number of ether oxygens (including phenoxy) is 5. The molecule has 3 amide bonds. The molecule has 4 aromatic heterocycles. The number of methoxy groups -OCH3 is 1. The zero-order chi connectivity index (χ0) is 49.5. The maximum absolute atomic E-state index is 13.9. The van der Waals surface area contributed by atoms with Gasteiger partial charge in [-0.3, -0.25) is 9.36 Å². The summed E-state index contributed by atoms with van der Waals surface area (Å²) in [5.41, 5.74) is 2.53. The first-order valence-corrected chi connectivity index (χ1v) is 23.8. The number of alkyl halides is 6. The Hall–Kier alpha value is -6.04. The number of anilines is 4. The fourth-order valence-electron chi connectivity index (χ4n) is 10.2. The number of nitrogens with one attached hydrogen (secondary N) is 1. The van der Waals surface area contributed by atoms with Crippen LogP contribution in [-0.2, 0) is 65.3 Å². The van der Waals surface area contributed by atoms with Gasteiger partial charge in [-0.05, 0) is 50.7 Å². The van der Waals surface area contributed by atoms with E-state index in [2.05, 4.69) is 15.3 Å². The van der Waals surface area contributed by atoms with Gasteiger partial charge in [-0.25, -0.2) is 19.6 Å². The fraction of sp³-hybridized carbons (Fsp3) is 0.609. The lowest BCUT2D eigenvalue weighted by Gasteiger charge is -2.32. The molecule has 0 aromatic carbocycles. The molecule has 4 aromatic rings. The van der Waals surface area contributed by atoms with Gasteiger partial charge in [0.2, 0.25) is 11.8 Å². The third-order valence-electron chi connectivity index (χ3n) is 13.7. The molecule has 24 heteroatoms. The van der Waals surface area contributed by atoms with E-state index in [0.29, 0.717) is 83.6 Å². The summed E-state index contributed by atoms with van der Waals surface area (Å²) in [6, 6.07) is 2.31. The number of aryl methyl sites for hydroxylation is 2. The van der Waals surface area contributed by atoms with Crippen LogP contribution in [0.1, 0.15) is 96.6 Å². The number of rotatable bonds is 6. The average Bonchev–Trinajstić information content (AvgIpc) is 3.95. The van der Waals surface area contributed by atoms with Gasteiger partial charge in [-0.2, -0.15) is 36.5 Å². The third-order valence-corrected chi connectivity index (χ3v) is 13.7. The molecule has 0 saturated carbocycles. The number of fused-ring (bicyclic) bond motifs is 4. The number of halogens is 6. The molecule has 10 rings (SSSR count). The highest BCUT2D eigenvalue weighted by molar-refractivity contribution is 5.76. The Kier molecular flexibility index (Phi) is 14.0. The summed E-state index contributed by atoms with van der Waals surface area (Å²) in [5, 5.41) is 12.6. The monoisotopic (exact) mass is 989 g/mol. The lowest BCUT2D eigenvalue weighted by atomic mass is 10.0. The van der Waals surface area contributed by atoms with Gasteiger partial charge in [-0.15, -0.1) is 0 Å². The fourth-order valence-corrected chi connectivity index (χ4v) is 10.2. The third kappa shape index (κ3) is 9.47. The van der Waals surface area contributed by atoms with E-state index in [-0.39, 0.29) is 85.2 Å². The Morgan fingerprint density at radius 2 is 1.10 bits per heavy atom. The van der Waals surface area contributed by atoms with Crippen LogP contribution in [0.5, 0.6) is 11.8 Å². The molecule has 380 valence electrons. The van der Waals surface area contributed by atoms with Crippen LogP contribution in [0.3, 0.4) is 0 Å². The highest BCUT2D eigenvalue weighted by atomic mass is 19.4. The Labute approximate surface area is 400 Å². The van der Waals surface area contributed by atoms with Gasteiger partial charge in [0.15, 0.2) is 11.6 Å². The van der Waals surface area contributed by atoms with Crippen LogP contribution in [0.25, 0.3) is 0 Å². The Balaban J connectivity index is 0.000000174. The zero-order valence-electron chi connectivity index (χ0n) is 39.5. The average molecular weight is 990 g/mol. The number of urea groups is 1. The first-order valence-electron chi connectivity index (χ1n) is 23.8. The summed E-state index contributed by atoms with van der Waals surface area (Å²) in [6.07, 6.45) is -4.84. The smallest absolute Gasteiger partial charge is 0.418 e. The van der Waals surface area contributed by atoms with Gasteiger partial charge in [-0.1, -0.05) is 13.8 Å². The van der Waals surface area contributed by atoms with E-state index in [1.54, 1.807) is 40.5 Å². The van der Waals surface area contributed by atoms with Crippen LogP contribution >= 0.6 is 0 Å². The van der Waals surface area contributed by atoms with E-state index in [1.165, 1.54) is 7.11 Å². The van der Waals surface area contributed by atoms with Crippen LogP contribution in [-0.4, -0.2) is 131 Å². The minimum absolute atomic E-state index is 0.0429. The maximum Gasteiger partial charge on any atom is 0.418 e. The number of hydrogen-bond donors (Lipinski definition) is 1. The molecule has 0 unspecified atom stereocenters. The molecule has 10 heterocycles. The number of amides is 3. The standard InChI is InChI=1S/C23H29F3N6O3.C23H28F3N5O4/c1-3-17-16(23(24,25)26)12-19-21(28-17)35-11-8-31(19)20-15-13-30(22(33)27-2)7-4-18(15)32(29-20)14-5-9-34-10-6-14;1-3-17-16(23(24,25)26)12-19-21(27-17)35-11-8-30(19)20-15-13-29(22(32)33-2)7-4-18(15)31(28-20)14-5-9-34-10-6-14/h12,14H,3-11,13H2,1-2H3,(H,27,33);12,14H,3-11,13H2,1-2H3. The first kappa shape index (κ1) is 49.0. The molecule has 0 bridgehead atoms. The predicted molar refractivity (Wildman–Crippen MR) is 240 cm³/mol. The van der Waals surface area contributed by atoms with E-state index < -0.39 is 29.6 Å². The van der Waals surface area contributed by atoms with Crippen molar-refractivity contribution in [2.75, 3.05) is 89.8 Å². The van der Waals surface area contributed by atoms with Gasteiger partial charge >= 0.3 is 24.5 Å². The van der Waals surface area contributed by atoms with Crippen molar-refractivity contribution in [1.82, 2.24) is 44.6 Å². The quantitative estimate of drug-likeness (QED) is 0.192. The van der Waals surface area contributed by atoms with Crippen LogP contribution in [0.4, 0.5) is 58.9 Å². The summed E-state index contributed by atoms with van der Waals surface area (Å²) in [6.45, 7) is 8.59. The van der Waals surface area contributed by atoms with Crippen molar-refractivity contribution < 1.29 is 59.6 Å². The normalized spacial score (nSPS) is 18.7. The first-order chi connectivity index (χ1) is 33.6. The van der Waals surface area contributed by atoms with E-state index in [0.717, 1.165) is 60.3 Å². The summed E-state index contributed by atoms with van der Waals surface area (Å²) in [7, 11) is 2.91. The molecular formula is C46H57F6N11O7. The Morgan fingerprint density at radius 3 is 1.50 bits per heavy atom. The highest BCUT2D eigenvalue weighted by Crippen LogP contribution is 2.46. The van der Waals surface area contributed by atoms with Crippen molar-refractivity contribution in [3.05, 3.63) is 57.2 Å². The predicted octanol–water partition coefficient (Wildman–Crippen LogP) is 7.30. The number of carbonyl (C=O) groups is 2. The molecule has 0 spiro atoms. The Morgan fingerprint density at radius 1 is 0.671 bits per heavy atom. The molecule has 70 heavy (non-hydrogen) atoms. The zero-order valence-corrected chi connectivity index (χ0v) is 39.5. The van der Waals surface area contributed by atoms with Gasteiger partial charge in [0.25, 0.3) is 0 Å². The molecule has 6 aliphatic heterocycles. The van der Waals surface area contributed by atoms with Crippen LogP contribution in [0, 0.1) is 0 Å². The van der Waals surface area contributed by atoms with Crippen LogP contribution in [0.15, 0.2) is 12.1 Å². The van der Waals surface area contributed by atoms with Crippen molar-refractivity contribution in [3.63, 3.8) is 0 Å². The van der Waals surface area contributed by atoms with E-state index >= 15 is 0 Å². The number of pyridine rings is 2. The molecule has 0 atom stereocenters. The minimum Gasteiger partial charge on any atom is -0.474 e. The van der Waals surface area contributed by atoms with Crippen molar-refractivity contribution in [2.45, 2.75) is 103 Å². The van der Waals surface area contributed by atoms with Crippen molar-refractivity contribution >= 4 is 35.1 Å². The SMILES string of the molecule is CCc1nc2c(cc1C(F)(F)F)N(c1nn(C3CCOCC3)c3c1CN(C(=O)NC)CC3)CCO2.CCc1nc2c(cc1C(F)(F)F)N(c1nn(C3CCOCC3)c3c1CN(C(=O)OC)CC3)CCO2. The summed E-state index contributed by atoms with van der Waals surface area (Å²) in [5.74, 6) is 1.43. The van der Waals surface area contributed by atoms with Gasteiger partial charge in [0.1, 0.15) is 24.6 Å². The van der Waals surface area contributed by atoms with E-state index in [9.17, 15) is 35.9 Å². The highest BCUT2D eigenvalue weighted by Gasteiger charge is 2.41. The molecule has 2 saturated heterocycles. The van der Waals surface area contributed by atoms with Crippen LogP contribution < -0.4 is 24.6 Å². The molecule has 1 N–H and O–H groups in total. The summed E-state index contributed by atoms with van der Waals surface area (Å²) >= 11 is 0. The van der Waals surface area contributed by atoms with E-state index in [4.69, 9.17) is 33.9 Å². The molecular weight excluding hydrogens is 933 g/mol. The van der Waals surface area contributed by atoms with Crippen molar-refractivity contribution in [3.8, 4) is 11.8 Å². The summed E-state index contributed by atoms with van der Waals surface area (Å²) in [4.78, 5) is 39.9. The maximum atomic E-state index is 13.9. The molecule has 2 fully saturated rings. The molecule has 0 aliphatic carbocycles. The van der Waals surface area contributed by atoms with Gasteiger partial charge < -0.3 is 48.6 Å². The van der Waals surface area contributed by atoms with Gasteiger partial charge in [0.05, 0.1) is 67.9 Å². The van der Waals surface area contributed by atoms with Crippen molar-refractivity contribution in [2.24, 2.45) is 0 Å². The molecule has 6 aliphatic rings. The molecule has 18 nitrogen and oxygen atoms in total. The lowest BCUT2D eigenvalue weighted by molar-refractivity contribution is -0.139. The number of carbonyl (C=O) groups excluding carboxylic acids is 2. The summed E-state index contributed by atoms with van der Waals surface area (Å²) < 4.78 is 114. The topological polar surface area (TPSA) is 167 Å². The van der Waals surface area contributed by atoms with E-state index in [1.807, 2.05) is 9.36 Å². The minimum atomic E-state index is -4.54.